The Morgan fingerprint density at radius 2 is 1.64 bits per heavy atom. The van der Waals surface area contributed by atoms with E-state index in [0.717, 1.165) is 0 Å². The van der Waals surface area contributed by atoms with Crippen LogP contribution < -0.4 is 4.74 Å². The third kappa shape index (κ3) is 3.69. The van der Waals surface area contributed by atoms with Crippen molar-refractivity contribution in [3.63, 3.8) is 0 Å². The van der Waals surface area contributed by atoms with E-state index in [1.165, 1.54) is 14.2 Å². The lowest BCUT2D eigenvalue weighted by Gasteiger charge is -2.31. The number of alkyl halides is 1. The van der Waals surface area contributed by atoms with Crippen molar-refractivity contribution in [2.45, 2.75) is 29.7 Å². The van der Waals surface area contributed by atoms with Crippen LogP contribution in [0.1, 0.15) is 12.5 Å². The number of ether oxygens (including phenoxy) is 5. The van der Waals surface area contributed by atoms with E-state index >= 15 is 0 Å². The molecule has 0 bridgehead atoms. The summed E-state index contributed by atoms with van der Waals surface area (Å²) in [5, 5.41) is 0. The molecule has 0 radical (unpaired) electrons. The van der Waals surface area contributed by atoms with Crippen LogP contribution in [-0.2, 0) is 34.3 Å². The molecule has 7 nitrogen and oxygen atoms in total. The first-order valence-electron chi connectivity index (χ1n) is 7.30. The van der Waals surface area contributed by atoms with E-state index in [0.29, 0.717) is 15.8 Å². The largest absolute Gasteiger partial charge is 0.496 e. The fourth-order valence-corrected chi connectivity index (χ4v) is 3.56. The Morgan fingerprint density at radius 3 is 2.00 bits per heavy atom. The Balaban J connectivity index is 2.51. The van der Waals surface area contributed by atoms with Crippen LogP contribution in [0, 0.1) is 0 Å². The second-order valence-electron chi connectivity index (χ2n) is 5.26. The smallest absolute Gasteiger partial charge is 0.338 e. The number of esters is 2. The molecule has 0 amide bonds. The highest BCUT2D eigenvalue weighted by atomic mass is 79.9. The van der Waals surface area contributed by atoms with Crippen molar-refractivity contribution in [3.8, 4) is 5.75 Å². The summed E-state index contributed by atoms with van der Waals surface area (Å²) in [6.45, 7) is 1.78. The molecule has 25 heavy (non-hydrogen) atoms. The van der Waals surface area contributed by atoms with Gasteiger partial charge < -0.3 is 23.7 Å². The average Bonchev–Trinajstić information content (AvgIpc) is 3.02. The number of carbonyl (C=O) groups excluding carboxylic acids is 2. The van der Waals surface area contributed by atoms with Crippen LogP contribution in [-0.4, -0.2) is 50.3 Å². The Labute approximate surface area is 162 Å². The molecule has 1 aliphatic heterocycles. The van der Waals surface area contributed by atoms with Gasteiger partial charge in [-0.2, -0.15) is 0 Å². The molecule has 0 N–H and O–H groups in total. The average molecular weight is 482 g/mol. The Hall–Kier alpha value is -1.16. The van der Waals surface area contributed by atoms with E-state index in [9.17, 15) is 9.59 Å². The molecule has 0 spiro atoms. The van der Waals surface area contributed by atoms with Crippen molar-refractivity contribution >= 4 is 43.8 Å². The van der Waals surface area contributed by atoms with Gasteiger partial charge >= 0.3 is 11.9 Å². The zero-order valence-electron chi connectivity index (χ0n) is 14.1. The van der Waals surface area contributed by atoms with Gasteiger partial charge in [-0.25, -0.2) is 9.59 Å². The summed E-state index contributed by atoms with van der Waals surface area (Å²) in [4.78, 5) is 23.7. The normalized spacial score (nSPS) is 23.0. The van der Waals surface area contributed by atoms with Gasteiger partial charge in [0.15, 0.2) is 12.2 Å². The lowest BCUT2D eigenvalue weighted by molar-refractivity contribution is -0.192. The third-order valence-corrected chi connectivity index (χ3v) is 5.05. The molecule has 1 aliphatic rings. The van der Waals surface area contributed by atoms with E-state index in [1.807, 2.05) is 0 Å². The van der Waals surface area contributed by atoms with Gasteiger partial charge in [-0.1, -0.05) is 15.9 Å². The lowest BCUT2D eigenvalue weighted by Crippen LogP contribution is -2.38. The molecule has 2 rings (SSSR count). The molecule has 0 aromatic heterocycles. The van der Waals surface area contributed by atoms with E-state index in [1.54, 1.807) is 32.2 Å². The maximum absolute atomic E-state index is 12.1. The summed E-state index contributed by atoms with van der Waals surface area (Å²) in [7, 11) is 3.97. The first kappa shape index (κ1) is 20.2. The summed E-state index contributed by atoms with van der Waals surface area (Å²) >= 11 is 6.86. The number of methoxy groups -OCH3 is 3. The number of rotatable bonds is 5. The first-order chi connectivity index (χ1) is 11.8. The van der Waals surface area contributed by atoms with Gasteiger partial charge in [0.25, 0.3) is 0 Å². The van der Waals surface area contributed by atoms with Gasteiger partial charge in [0, 0.05) is 5.56 Å². The molecular formula is C16H18Br2O7. The standard InChI is InChI=1S/C16H18Br2O7/c1-8(17)16(9-5-6-11(21-2)10(18)7-9)24-12(14(19)22-3)13(25-16)15(20)23-4/h5-8,12-13H,1-4H3/t8-,12+,13+/m0/s1. The van der Waals surface area contributed by atoms with Crippen LogP contribution >= 0.6 is 31.9 Å². The molecule has 0 saturated carbocycles. The summed E-state index contributed by atoms with van der Waals surface area (Å²) < 4.78 is 27.2. The molecule has 1 aromatic carbocycles. The summed E-state index contributed by atoms with van der Waals surface area (Å²) in [5.74, 6) is -2.23. The van der Waals surface area contributed by atoms with Crippen molar-refractivity contribution in [1.82, 2.24) is 0 Å². The number of hydrogen-bond acceptors (Lipinski definition) is 7. The van der Waals surface area contributed by atoms with E-state index < -0.39 is 34.8 Å². The molecule has 1 aromatic rings. The van der Waals surface area contributed by atoms with Gasteiger partial charge in [0.05, 0.1) is 30.6 Å². The van der Waals surface area contributed by atoms with Crippen LogP contribution in [0.2, 0.25) is 0 Å². The molecule has 1 fully saturated rings. The molecule has 1 heterocycles. The molecule has 138 valence electrons. The summed E-state index contributed by atoms with van der Waals surface area (Å²) in [5.41, 5.74) is 0.588. The van der Waals surface area contributed by atoms with Crippen LogP contribution in [0.25, 0.3) is 0 Å². The van der Waals surface area contributed by atoms with Crippen molar-refractivity contribution in [3.05, 3.63) is 28.2 Å². The first-order valence-corrected chi connectivity index (χ1v) is 9.01. The predicted octanol–water partition coefficient (Wildman–Crippen LogP) is 2.52. The minimum atomic E-state index is -1.40. The Morgan fingerprint density at radius 1 is 1.12 bits per heavy atom. The van der Waals surface area contributed by atoms with Crippen LogP contribution in [0.15, 0.2) is 22.7 Å². The third-order valence-electron chi connectivity index (χ3n) is 3.82. The maximum Gasteiger partial charge on any atom is 0.338 e. The fourth-order valence-electron chi connectivity index (χ4n) is 2.54. The van der Waals surface area contributed by atoms with Gasteiger partial charge in [-0.3, -0.25) is 0 Å². The molecular weight excluding hydrogens is 464 g/mol. The molecule has 1 saturated heterocycles. The predicted molar refractivity (Wildman–Crippen MR) is 94.5 cm³/mol. The minimum absolute atomic E-state index is 0.401. The van der Waals surface area contributed by atoms with E-state index in [4.69, 9.17) is 23.7 Å². The highest BCUT2D eigenvalue weighted by molar-refractivity contribution is 9.10. The Bertz CT molecular complexity index is 638. The zero-order chi connectivity index (χ0) is 18.8. The lowest BCUT2D eigenvalue weighted by atomic mass is 10.0. The quantitative estimate of drug-likeness (QED) is 0.472. The van der Waals surface area contributed by atoms with Crippen molar-refractivity contribution < 1.29 is 33.3 Å². The van der Waals surface area contributed by atoms with E-state index in [-0.39, 0.29) is 0 Å². The zero-order valence-corrected chi connectivity index (χ0v) is 17.2. The monoisotopic (exact) mass is 480 g/mol. The molecule has 0 aliphatic carbocycles. The van der Waals surface area contributed by atoms with Crippen molar-refractivity contribution in [2.24, 2.45) is 0 Å². The number of carbonyl (C=O) groups is 2. The number of hydrogen-bond donors (Lipinski definition) is 0. The van der Waals surface area contributed by atoms with Gasteiger partial charge in [-0.05, 0) is 41.1 Å². The van der Waals surface area contributed by atoms with E-state index in [2.05, 4.69) is 31.9 Å². The topological polar surface area (TPSA) is 80.3 Å². The molecule has 0 unspecified atom stereocenters. The highest BCUT2D eigenvalue weighted by Crippen LogP contribution is 2.45. The fraction of sp³-hybridized carbons (Fsp3) is 0.500. The van der Waals surface area contributed by atoms with Crippen LogP contribution in [0.5, 0.6) is 5.75 Å². The van der Waals surface area contributed by atoms with Crippen LogP contribution in [0.4, 0.5) is 0 Å². The number of halogens is 2. The molecule has 3 atom stereocenters. The second kappa shape index (κ2) is 8.03. The second-order valence-corrected chi connectivity index (χ2v) is 7.48. The molecule has 9 heteroatoms. The highest BCUT2D eigenvalue weighted by Gasteiger charge is 2.57. The van der Waals surface area contributed by atoms with Crippen molar-refractivity contribution in [1.29, 1.82) is 0 Å². The summed E-state index contributed by atoms with van der Waals surface area (Å²) in [6.07, 6.45) is -2.50. The number of benzene rings is 1. The van der Waals surface area contributed by atoms with Gasteiger partial charge in [0.1, 0.15) is 5.75 Å². The summed E-state index contributed by atoms with van der Waals surface area (Å²) in [6, 6.07) is 5.20. The van der Waals surface area contributed by atoms with Crippen LogP contribution in [0.3, 0.4) is 0 Å². The Kier molecular flexibility index (Phi) is 6.47. The van der Waals surface area contributed by atoms with Gasteiger partial charge in [0.2, 0.25) is 5.79 Å². The van der Waals surface area contributed by atoms with Crippen molar-refractivity contribution in [2.75, 3.05) is 21.3 Å². The maximum atomic E-state index is 12.1. The van der Waals surface area contributed by atoms with Gasteiger partial charge in [-0.15, -0.1) is 0 Å². The SMILES string of the molecule is COC(=O)[C@@H]1OC(c2ccc(OC)c(Br)c2)([C@H](C)Br)O[C@H]1C(=O)OC. The minimum Gasteiger partial charge on any atom is -0.496 e.